The molecule has 0 atom stereocenters. The Morgan fingerprint density at radius 2 is 1.28 bits per heavy atom. The number of aliphatic hydroxyl groups is 1. The maximum Gasteiger partial charge on any atom is 0.222 e. The number of unbranched alkanes of at least 4 members (excludes halogenated alkanes) is 12. The molecule has 0 saturated carbocycles. The van der Waals surface area contributed by atoms with E-state index >= 15 is 0 Å². The van der Waals surface area contributed by atoms with Gasteiger partial charge < -0.3 is 10.0 Å². The highest BCUT2D eigenvalue weighted by molar-refractivity contribution is 5.77. The Morgan fingerprint density at radius 3 is 1.80 bits per heavy atom. The fourth-order valence-corrected chi connectivity index (χ4v) is 3.53. The maximum atomic E-state index is 11.5. The molecule has 1 saturated heterocycles. The van der Waals surface area contributed by atoms with E-state index in [1.807, 2.05) is 4.90 Å². The van der Waals surface area contributed by atoms with E-state index in [1.165, 1.54) is 83.5 Å². The maximum absolute atomic E-state index is 11.5. The van der Waals surface area contributed by atoms with E-state index < -0.39 is 0 Å². The van der Waals surface area contributed by atoms with E-state index in [9.17, 15) is 4.79 Å². The van der Waals surface area contributed by atoms with Gasteiger partial charge in [-0.05, 0) is 44.9 Å². The van der Waals surface area contributed by atoms with Crippen LogP contribution in [-0.2, 0) is 4.79 Å². The minimum absolute atomic E-state index is 0.350. The summed E-state index contributed by atoms with van der Waals surface area (Å²) in [6.07, 6.45) is 24.2. The number of carbonyl (C=O) groups excluding carboxylic acids is 1. The first-order valence-corrected chi connectivity index (χ1v) is 10.9. The van der Waals surface area contributed by atoms with Crippen molar-refractivity contribution in [1.29, 1.82) is 0 Å². The first kappa shape index (κ1) is 22.2. The Kier molecular flexibility index (Phi) is 14.8. The van der Waals surface area contributed by atoms with Crippen LogP contribution in [0.1, 0.15) is 103 Å². The van der Waals surface area contributed by atoms with Crippen LogP contribution >= 0.6 is 0 Å². The molecule has 1 aliphatic heterocycles. The molecule has 0 unspecified atom stereocenters. The third-order valence-corrected chi connectivity index (χ3v) is 5.17. The summed E-state index contributed by atoms with van der Waals surface area (Å²) >= 11 is 0. The van der Waals surface area contributed by atoms with Crippen molar-refractivity contribution in [1.82, 2.24) is 4.90 Å². The second-order valence-electron chi connectivity index (χ2n) is 7.50. The van der Waals surface area contributed by atoms with Crippen LogP contribution in [0.5, 0.6) is 0 Å². The Hall–Kier alpha value is -0.830. The summed E-state index contributed by atoms with van der Waals surface area (Å²) in [6.45, 7) is 2.33. The van der Waals surface area contributed by atoms with Crippen molar-refractivity contribution in [2.24, 2.45) is 0 Å². The molecule has 3 heteroatoms. The van der Waals surface area contributed by atoms with Gasteiger partial charge in [0.2, 0.25) is 5.91 Å². The second kappa shape index (κ2) is 16.6. The summed E-state index contributed by atoms with van der Waals surface area (Å²) in [5, 5.41) is 8.71. The zero-order chi connectivity index (χ0) is 18.0. The smallest absolute Gasteiger partial charge is 0.222 e. The molecule has 0 aromatic heterocycles. The first-order chi connectivity index (χ1) is 12.3. The van der Waals surface area contributed by atoms with Crippen LogP contribution in [0.3, 0.4) is 0 Å². The molecular weight excluding hydrogens is 310 g/mol. The molecule has 25 heavy (non-hydrogen) atoms. The van der Waals surface area contributed by atoms with Gasteiger partial charge in [0.1, 0.15) is 0 Å². The summed E-state index contributed by atoms with van der Waals surface area (Å²) in [5.74, 6) is 0.369. The molecule has 1 amide bonds. The average Bonchev–Trinajstić information content (AvgIpc) is 3.02. The van der Waals surface area contributed by atoms with Gasteiger partial charge in [0, 0.05) is 26.1 Å². The molecular formula is C22H41NO2. The molecule has 1 heterocycles. The van der Waals surface area contributed by atoms with Crippen LogP contribution in [0.4, 0.5) is 0 Å². The number of amides is 1. The molecule has 146 valence electrons. The van der Waals surface area contributed by atoms with Crippen molar-refractivity contribution in [3.63, 3.8) is 0 Å². The van der Waals surface area contributed by atoms with Gasteiger partial charge in [-0.3, -0.25) is 4.79 Å². The number of hydrogen-bond donors (Lipinski definition) is 1. The van der Waals surface area contributed by atoms with Crippen molar-refractivity contribution in [3.05, 3.63) is 12.2 Å². The summed E-state index contributed by atoms with van der Waals surface area (Å²) in [4.78, 5) is 13.5. The van der Waals surface area contributed by atoms with E-state index in [4.69, 9.17) is 5.11 Å². The highest BCUT2D eigenvalue weighted by atomic mass is 16.2. The van der Waals surface area contributed by atoms with Gasteiger partial charge in [-0.15, -0.1) is 0 Å². The first-order valence-electron chi connectivity index (χ1n) is 10.9. The van der Waals surface area contributed by atoms with Gasteiger partial charge in [-0.1, -0.05) is 63.5 Å². The van der Waals surface area contributed by atoms with Gasteiger partial charge in [-0.2, -0.15) is 0 Å². The van der Waals surface area contributed by atoms with Gasteiger partial charge in [0.15, 0.2) is 0 Å². The van der Waals surface area contributed by atoms with Gasteiger partial charge in [0.05, 0.1) is 0 Å². The number of hydrogen-bond acceptors (Lipinski definition) is 2. The van der Waals surface area contributed by atoms with Crippen LogP contribution in [0.2, 0.25) is 0 Å². The summed E-state index contributed by atoms with van der Waals surface area (Å²) in [5.41, 5.74) is 0. The quantitative estimate of drug-likeness (QED) is 0.273. The zero-order valence-corrected chi connectivity index (χ0v) is 16.4. The van der Waals surface area contributed by atoms with Crippen molar-refractivity contribution in [3.8, 4) is 0 Å². The fourth-order valence-electron chi connectivity index (χ4n) is 3.53. The van der Waals surface area contributed by atoms with Crippen LogP contribution in [-0.4, -0.2) is 35.6 Å². The average molecular weight is 352 g/mol. The van der Waals surface area contributed by atoms with Gasteiger partial charge >= 0.3 is 0 Å². The van der Waals surface area contributed by atoms with E-state index in [2.05, 4.69) is 12.2 Å². The molecule has 0 aromatic rings. The highest BCUT2D eigenvalue weighted by Crippen LogP contribution is 2.13. The molecule has 1 fully saturated rings. The molecule has 0 aromatic carbocycles. The minimum atomic E-state index is 0.350. The summed E-state index contributed by atoms with van der Waals surface area (Å²) in [6, 6.07) is 0. The molecule has 3 nitrogen and oxygen atoms in total. The third kappa shape index (κ3) is 13.1. The lowest BCUT2D eigenvalue weighted by atomic mass is 10.1. The highest BCUT2D eigenvalue weighted by Gasteiger charge is 2.18. The molecule has 0 aliphatic carbocycles. The topological polar surface area (TPSA) is 40.5 Å². The van der Waals surface area contributed by atoms with Crippen molar-refractivity contribution in [2.45, 2.75) is 103 Å². The van der Waals surface area contributed by atoms with Crippen LogP contribution < -0.4 is 0 Å². The normalized spacial score (nSPS) is 14.9. The standard InChI is InChI=1S/C22H41NO2/c24-21-16-14-12-10-8-6-4-2-1-3-5-7-9-11-13-15-19-23-20-17-18-22(23)25/h1-2,24H,3-21H2/b2-1-. The Morgan fingerprint density at radius 1 is 0.760 bits per heavy atom. The predicted octanol–water partition coefficient (Wildman–Crippen LogP) is 5.62. The minimum Gasteiger partial charge on any atom is -0.396 e. The SMILES string of the molecule is O=C1CCCN1CCCCCCCC/C=C\CCCCCCCCO. The molecule has 1 N–H and O–H groups in total. The number of carbonyl (C=O) groups is 1. The lowest BCUT2D eigenvalue weighted by molar-refractivity contribution is -0.127. The molecule has 1 aliphatic rings. The Bertz CT molecular complexity index is 341. The van der Waals surface area contributed by atoms with E-state index in [-0.39, 0.29) is 0 Å². The number of allylic oxidation sites excluding steroid dienone is 2. The number of likely N-dealkylation sites (tertiary alicyclic amines) is 1. The van der Waals surface area contributed by atoms with Gasteiger partial charge in [-0.25, -0.2) is 0 Å². The van der Waals surface area contributed by atoms with E-state index in [0.717, 1.165) is 32.4 Å². The Balaban J connectivity index is 1.73. The van der Waals surface area contributed by atoms with Crippen molar-refractivity contribution >= 4 is 5.91 Å². The van der Waals surface area contributed by atoms with Crippen LogP contribution in [0, 0.1) is 0 Å². The summed E-state index contributed by atoms with van der Waals surface area (Å²) in [7, 11) is 0. The molecule has 0 bridgehead atoms. The van der Waals surface area contributed by atoms with Crippen LogP contribution in [0.15, 0.2) is 12.2 Å². The van der Waals surface area contributed by atoms with Crippen LogP contribution in [0.25, 0.3) is 0 Å². The monoisotopic (exact) mass is 351 g/mol. The fraction of sp³-hybridized carbons (Fsp3) is 0.864. The van der Waals surface area contributed by atoms with Gasteiger partial charge in [0.25, 0.3) is 0 Å². The van der Waals surface area contributed by atoms with E-state index in [0.29, 0.717) is 12.5 Å². The number of rotatable bonds is 17. The Labute approximate surface area is 155 Å². The molecule has 1 rings (SSSR count). The second-order valence-corrected chi connectivity index (χ2v) is 7.50. The zero-order valence-electron chi connectivity index (χ0n) is 16.4. The molecule has 0 radical (unpaired) electrons. The van der Waals surface area contributed by atoms with Crippen molar-refractivity contribution in [2.75, 3.05) is 19.7 Å². The molecule has 0 spiro atoms. The number of nitrogens with zero attached hydrogens (tertiary/aromatic N) is 1. The summed E-state index contributed by atoms with van der Waals surface area (Å²) < 4.78 is 0. The van der Waals surface area contributed by atoms with Crippen molar-refractivity contribution < 1.29 is 9.90 Å². The third-order valence-electron chi connectivity index (χ3n) is 5.17. The van der Waals surface area contributed by atoms with E-state index in [1.54, 1.807) is 0 Å². The largest absolute Gasteiger partial charge is 0.396 e. The number of aliphatic hydroxyl groups excluding tert-OH is 1. The lowest BCUT2D eigenvalue weighted by Crippen LogP contribution is -2.25. The lowest BCUT2D eigenvalue weighted by Gasteiger charge is -2.14. The predicted molar refractivity (Wildman–Crippen MR) is 107 cm³/mol.